The van der Waals surface area contributed by atoms with Gasteiger partial charge in [-0.05, 0) is 31.5 Å². The standard InChI is InChI=1S/C16H28N.C14H23N3.Pb/c1-5-6-7-8-9-10-11-12-13-14-16(4)17-15(2)3;1-4-15-14-9-5-6-10-16-12(2)8-7-11-17-13(14)3;/h11-15,17H,2,4-10H2,1,3H3;4,7-8,14-17H,1-3,5-6,9-11H2;/b12-11+,14-13+;8-7+;. The molecule has 4 N–H and O–H groups in total. The van der Waals surface area contributed by atoms with Gasteiger partial charge in [0.05, 0.1) is 6.04 Å². The summed E-state index contributed by atoms with van der Waals surface area (Å²) in [7, 11) is 0. The third-order valence-corrected chi connectivity index (χ3v) is 7.91. The Kier molecular flexibility index (Phi) is 22.9. The van der Waals surface area contributed by atoms with E-state index in [-0.39, 0.29) is 6.04 Å². The molecule has 4 nitrogen and oxygen atoms in total. The normalized spacial score (nSPS) is 18.8. The van der Waals surface area contributed by atoms with E-state index in [1.54, 1.807) is 6.20 Å². The molecule has 5 heteroatoms. The number of rotatable bonds is 13. The van der Waals surface area contributed by atoms with Gasteiger partial charge in [0.15, 0.2) is 0 Å². The summed E-state index contributed by atoms with van der Waals surface area (Å²) in [4.78, 5) is 0. The Hall–Kier alpha value is -1.70. The predicted octanol–water partition coefficient (Wildman–Crippen LogP) is 6.57. The molecule has 0 saturated carbocycles. The molecule has 0 aromatic carbocycles. The van der Waals surface area contributed by atoms with Crippen LogP contribution in [0.4, 0.5) is 0 Å². The largest absolute Gasteiger partial charge is 0.386 e. The van der Waals surface area contributed by atoms with Crippen molar-refractivity contribution in [2.24, 2.45) is 0 Å². The molecule has 1 aliphatic heterocycles. The fraction of sp³-hybridized carbons (Fsp3) is 0.533. The summed E-state index contributed by atoms with van der Waals surface area (Å²) in [6.45, 7) is 21.9. The maximum Gasteiger partial charge on any atom is 0.0648 e. The van der Waals surface area contributed by atoms with E-state index in [9.17, 15) is 0 Å². The zero-order valence-corrected chi connectivity index (χ0v) is 26.4. The third kappa shape index (κ3) is 21.3. The monoisotopic (exact) mass is 675 g/mol. The van der Waals surface area contributed by atoms with Crippen molar-refractivity contribution in [2.75, 3.05) is 13.1 Å². The number of hydrogen-bond donors (Lipinski definition) is 4. The Morgan fingerprint density at radius 1 is 1.17 bits per heavy atom. The van der Waals surface area contributed by atoms with Crippen molar-refractivity contribution in [1.82, 2.24) is 21.3 Å². The van der Waals surface area contributed by atoms with Gasteiger partial charge in [-0.25, -0.2) is 0 Å². The van der Waals surface area contributed by atoms with Gasteiger partial charge in [0.2, 0.25) is 0 Å². The van der Waals surface area contributed by atoms with Crippen LogP contribution in [0.2, 0.25) is 3.98 Å². The third-order valence-electron chi connectivity index (χ3n) is 5.53. The predicted molar refractivity (Wildman–Crippen MR) is 158 cm³/mol. The van der Waals surface area contributed by atoms with Crippen LogP contribution in [0.15, 0.2) is 86.1 Å². The molecule has 35 heavy (non-hydrogen) atoms. The van der Waals surface area contributed by atoms with E-state index in [4.69, 9.17) is 0 Å². The Labute approximate surface area is 233 Å². The molecule has 1 heterocycles. The van der Waals surface area contributed by atoms with Crippen LogP contribution in [0, 0.1) is 0 Å². The molecule has 0 fully saturated rings. The second kappa shape index (κ2) is 24.0. The van der Waals surface area contributed by atoms with Crippen LogP contribution in [-0.4, -0.2) is 50.9 Å². The van der Waals surface area contributed by atoms with Gasteiger partial charge >= 0.3 is 110 Å². The van der Waals surface area contributed by atoms with E-state index in [1.807, 2.05) is 12.2 Å². The second-order valence-electron chi connectivity index (χ2n) is 8.94. The molecular weight excluding hydrogens is 624 g/mol. The van der Waals surface area contributed by atoms with E-state index in [0.29, 0.717) is 6.04 Å². The van der Waals surface area contributed by atoms with Crippen LogP contribution in [0.25, 0.3) is 0 Å². The van der Waals surface area contributed by atoms with Gasteiger partial charge < -0.3 is 16.0 Å². The first-order chi connectivity index (χ1) is 16.9. The van der Waals surface area contributed by atoms with Crippen molar-refractivity contribution in [3.63, 3.8) is 0 Å². The summed E-state index contributed by atoms with van der Waals surface area (Å²) in [5.41, 5.74) is 3.01. The molecule has 1 rings (SSSR count). The van der Waals surface area contributed by atoms with Crippen LogP contribution in [0.5, 0.6) is 0 Å². The summed E-state index contributed by atoms with van der Waals surface area (Å²) >= 11 is 1.24. The number of nitrogens with one attached hydrogen (secondary N) is 4. The number of unbranched alkanes of at least 4 members (excludes halogenated alkanes) is 5. The van der Waals surface area contributed by atoms with Crippen molar-refractivity contribution in [3.8, 4) is 0 Å². The molecular formula is C30H51N4Pb. The van der Waals surface area contributed by atoms with Gasteiger partial charge in [0.1, 0.15) is 0 Å². The first kappa shape index (κ1) is 33.3. The zero-order valence-electron chi connectivity index (χ0n) is 22.5. The maximum absolute atomic E-state index is 4.07. The molecule has 0 aromatic heterocycles. The van der Waals surface area contributed by atoms with Gasteiger partial charge in [0.25, 0.3) is 0 Å². The van der Waals surface area contributed by atoms with Gasteiger partial charge in [-0.15, -0.1) is 0 Å². The summed E-state index contributed by atoms with van der Waals surface area (Å²) in [6, 6.07) is 0.833. The SMILES string of the molecule is C=C(/C=C/C=C/CCCCCCC)NC(C)[CH2][Pb].C=CNC1CCCCNC(=C)/C=C/CNC1=C. The average Bonchev–Trinajstić information content (AvgIpc) is 2.84. The first-order valence-corrected chi connectivity index (χ1v) is 16.0. The molecule has 195 valence electrons. The van der Waals surface area contributed by atoms with E-state index < -0.39 is 0 Å². The van der Waals surface area contributed by atoms with Crippen molar-refractivity contribution >= 4 is 25.8 Å². The number of allylic oxidation sites excluding steroid dienone is 5. The van der Waals surface area contributed by atoms with Crippen molar-refractivity contribution < 1.29 is 0 Å². The smallest absolute Gasteiger partial charge is 0.0648 e. The molecule has 0 aliphatic carbocycles. The molecule has 2 atom stereocenters. The van der Waals surface area contributed by atoms with Crippen LogP contribution >= 0.6 is 0 Å². The van der Waals surface area contributed by atoms with Gasteiger partial charge in [-0.3, -0.25) is 0 Å². The zero-order chi connectivity index (χ0) is 26.2. The van der Waals surface area contributed by atoms with Crippen LogP contribution in [0.1, 0.15) is 71.6 Å². The molecule has 0 spiro atoms. The Morgan fingerprint density at radius 2 is 1.94 bits per heavy atom. The van der Waals surface area contributed by atoms with Crippen molar-refractivity contribution in [1.29, 1.82) is 0 Å². The molecule has 2 unspecified atom stereocenters. The summed E-state index contributed by atoms with van der Waals surface area (Å²) in [5, 5.41) is 13.2. The Balaban J connectivity index is 0.000000661. The van der Waals surface area contributed by atoms with Crippen LogP contribution in [0.3, 0.4) is 0 Å². The van der Waals surface area contributed by atoms with E-state index in [1.165, 1.54) is 68.3 Å². The van der Waals surface area contributed by atoms with Gasteiger partial charge in [-0.1, -0.05) is 45.6 Å². The van der Waals surface area contributed by atoms with E-state index in [2.05, 4.69) is 85.7 Å². The summed E-state index contributed by atoms with van der Waals surface area (Å²) in [6.07, 6.45) is 25.6. The first-order valence-electron chi connectivity index (χ1n) is 13.3. The van der Waals surface area contributed by atoms with Crippen molar-refractivity contribution in [3.05, 3.63) is 86.1 Å². The Bertz CT molecular complexity index is 678. The summed E-state index contributed by atoms with van der Waals surface area (Å²) in [5.74, 6) is 0. The number of hydrogen-bond acceptors (Lipinski definition) is 4. The molecule has 0 saturated heterocycles. The quantitative estimate of drug-likeness (QED) is 0.101. The molecule has 0 amide bonds. The fourth-order valence-corrected chi connectivity index (χ4v) is 3.82. The average molecular weight is 675 g/mol. The van der Waals surface area contributed by atoms with Crippen molar-refractivity contribution in [2.45, 2.75) is 87.7 Å². The topological polar surface area (TPSA) is 48.1 Å². The molecule has 3 radical (unpaired) electrons. The van der Waals surface area contributed by atoms with E-state index in [0.717, 1.165) is 49.4 Å². The second-order valence-corrected chi connectivity index (χ2v) is 10.5. The minimum atomic E-state index is 0.267. The minimum Gasteiger partial charge on any atom is -0.386 e. The van der Waals surface area contributed by atoms with Crippen LogP contribution in [-0.2, 0) is 0 Å². The molecule has 0 aromatic rings. The molecule has 1 aliphatic rings. The van der Waals surface area contributed by atoms with Crippen LogP contribution < -0.4 is 21.3 Å². The minimum absolute atomic E-state index is 0.267. The molecule has 0 bridgehead atoms. The fourth-order valence-electron chi connectivity index (χ4n) is 3.42. The van der Waals surface area contributed by atoms with Gasteiger partial charge in [-0.2, -0.15) is 0 Å². The Morgan fingerprint density at radius 3 is 2.66 bits per heavy atom. The maximum atomic E-state index is 4.07. The summed E-state index contributed by atoms with van der Waals surface area (Å²) < 4.78 is 1.26. The van der Waals surface area contributed by atoms with E-state index >= 15 is 0 Å². The van der Waals surface area contributed by atoms with Gasteiger partial charge in [0, 0.05) is 24.5 Å².